The Morgan fingerprint density at radius 1 is 1.20 bits per heavy atom. The Kier molecular flexibility index (Phi) is 2.03. The van der Waals surface area contributed by atoms with Gasteiger partial charge < -0.3 is 9.66 Å². The summed E-state index contributed by atoms with van der Waals surface area (Å²) in [6.45, 7) is 0. The van der Waals surface area contributed by atoms with Crippen LogP contribution in [0.1, 0.15) is 0 Å². The van der Waals surface area contributed by atoms with Crippen molar-refractivity contribution >= 4 is 11.1 Å². The summed E-state index contributed by atoms with van der Waals surface area (Å²) in [5.41, 5.74) is 0. The van der Waals surface area contributed by atoms with Gasteiger partial charge in [0.05, 0.1) is 4.90 Å². The van der Waals surface area contributed by atoms with E-state index < -0.39 is 11.1 Å². The zero-order valence-corrected chi connectivity index (χ0v) is 5.84. The molecule has 0 fully saturated rings. The van der Waals surface area contributed by atoms with E-state index in [1.165, 1.54) is 24.3 Å². The lowest BCUT2D eigenvalue weighted by molar-refractivity contribution is 0.474. The van der Waals surface area contributed by atoms with Gasteiger partial charge in [-0.25, -0.2) is 4.21 Å². The average Bonchev–Trinajstić information content (AvgIpc) is 1.88. The zero-order chi connectivity index (χ0) is 7.56. The lowest BCUT2D eigenvalue weighted by Gasteiger charge is -1.92. The van der Waals surface area contributed by atoms with E-state index in [0.29, 0.717) is 0 Å². The van der Waals surface area contributed by atoms with Crippen molar-refractivity contribution < 1.29 is 13.9 Å². The average molecular weight is 158 g/mol. The first-order valence-corrected chi connectivity index (χ1v) is 3.71. The van der Waals surface area contributed by atoms with Gasteiger partial charge in [0.25, 0.3) is 0 Å². The maximum absolute atomic E-state index is 10.3. The Labute approximate surface area is 60.6 Å². The number of benzene rings is 1. The van der Waals surface area contributed by atoms with Crippen LogP contribution in [0.25, 0.3) is 0 Å². The fourth-order valence-corrected chi connectivity index (χ4v) is 0.931. The van der Waals surface area contributed by atoms with Gasteiger partial charge in [-0.1, -0.05) is 0 Å². The Morgan fingerprint density at radius 3 is 2.10 bits per heavy atom. The van der Waals surface area contributed by atoms with Gasteiger partial charge in [0.1, 0.15) is 5.75 Å². The summed E-state index contributed by atoms with van der Waals surface area (Å²) in [4.78, 5) is 0.290. The van der Waals surface area contributed by atoms with Crippen molar-refractivity contribution in [3.63, 3.8) is 0 Å². The molecule has 1 atom stereocenters. The number of aromatic hydroxyl groups is 1. The van der Waals surface area contributed by atoms with E-state index in [0.717, 1.165) is 0 Å². The Bertz CT molecular complexity index is 242. The molecule has 54 valence electrons. The molecule has 2 N–H and O–H groups in total. The van der Waals surface area contributed by atoms with Crippen LogP contribution in [-0.2, 0) is 11.1 Å². The Balaban J connectivity index is 3.00. The van der Waals surface area contributed by atoms with Crippen LogP contribution < -0.4 is 0 Å². The standard InChI is InChI=1S/C6H6O3S/c7-5-1-3-6(4-2-5)10(8)9/h1-4,7H,(H,8,9). The third kappa shape index (κ3) is 1.55. The lowest BCUT2D eigenvalue weighted by Crippen LogP contribution is -1.85. The first kappa shape index (κ1) is 7.24. The molecule has 1 aromatic rings. The molecule has 0 saturated heterocycles. The van der Waals surface area contributed by atoms with Crippen LogP contribution in [0.5, 0.6) is 5.75 Å². The normalized spacial score (nSPS) is 12.9. The number of rotatable bonds is 1. The monoisotopic (exact) mass is 158 g/mol. The van der Waals surface area contributed by atoms with Gasteiger partial charge in [-0.3, -0.25) is 0 Å². The minimum absolute atomic E-state index is 0.0919. The van der Waals surface area contributed by atoms with Crippen LogP contribution in [-0.4, -0.2) is 13.9 Å². The summed E-state index contributed by atoms with van der Waals surface area (Å²) in [5.74, 6) is 0.0919. The van der Waals surface area contributed by atoms with Crippen molar-refractivity contribution in [3.05, 3.63) is 24.3 Å². The third-order valence-corrected chi connectivity index (χ3v) is 1.71. The second kappa shape index (κ2) is 2.81. The molecular weight excluding hydrogens is 152 g/mol. The summed E-state index contributed by atoms with van der Waals surface area (Å²) in [7, 11) is 0. The first-order valence-electron chi connectivity index (χ1n) is 2.60. The van der Waals surface area contributed by atoms with Gasteiger partial charge in [-0.15, -0.1) is 0 Å². The van der Waals surface area contributed by atoms with Crippen molar-refractivity contribution in [1.82, 2.24) is 0 Å². The molecule has 0 bridgehead atoms. The highest BCUT2D eigenvalue weighted by Gasteiger charge is 1.96. The van der Waals surface area contributed by atoms with Gasteiger partial charge >= 0.3 is 0 Å². The minimum Gasteiger partial charge on any atom is -0.508 e. The van der Waals surface area contributed by atoms with E-state index in [1.54, 1.807) is 0 Å². The van der Waals surface area contributed by atoms with Gasteiger partial charge in [-0.2, -0.15) is 0 Å². The van der Waals surface area contributed by atoms with Crippen LogP contribution in [0.3, 0.4) is 0 Å². The number of hydrogen-bond acceptors (Lipinski definition) is 2. The first-order chi connectivity index (χ1) is 4.70. The second-order valence-corrected chi connectivity index (χ2v) is 2.71. The summed E-state index contributed by atoms with van der Waals surface area (Å²) >= 11 is -1.95. The maximum Gasteiger partial charge on any atom is 0.186 e. The molecule has 0 aliphatic rings. The lowest BCUT2D eigenvalue weighted by atomic mass is 10.3. The highest BCUT2D eigenvalue weighted by Crippen LogP contribution is 2.11. The summed E-state index contributed by atoms with van der Waals surface area (Å²) < 4.78 is 18.8. The van der Waals surface area contributed by atoms with Crippen LogP contribution >= 0.6 is 0 Å². The summed E-state index contributed by atoms with van der Waals surface area (Å²) in [6, 6.07) is 5.52. The maximum atomic E-state index is 10.3. The molecule has 0 aliphatic heterocycles. The van der Waals surface area contributed by atoms with Crippen molar-refractivity contribution in [2.75, 3.05) is 0 Å². The summed E-state index contributed by atoms with van der Waals surface area (Å²) in [6.07, 6.45) is 0. The van der Waals surface area contributed by atoms with Crippen LogP contribution in [0.15, 0.2) is 29.2 Å². The molecule has 0 heterocycles. The van der Waals surface area contributed by atoms with Crippen LogP contribution in [0, 0.1) is 0 Å². The quantitative estimate of drug-likeness (QED) is 0.599. The molecule has 0 radical (unpaired) electrons. The van der Waals surface area contributed by atoms with Gasteiger partial charge in [0.15, 0.2) is 11.1 Å². The second-order valence-electron chi connectivity index (χ2n) is 1.74. The van der Waals surface area contributed by atoms with Crippen molar-refractivity contribution in [2.24, 2.45) is 0 Å². The number of phenolic OH excluding ortho intramolecular Hbond substituents is 1. The largest absolute Gasteiger partial charge is 0.508 e. The molecule has 1 unspecified atom stereocenters. The van der Waals surface area contributed by atoms with Crippen molar-refractivity contribution in [2.45, 2.75) is 4.90 Å². The molecular formula is C6H6O3S. The minimum atomic E-state index is -1.95. The SMILES string of the molecule is O=S(O)c1ccc(O)cc1. The predicted octanol–water partition coefficient (Wildman–Crippen LogP) is 0.973. The molecule has 0 aliphatic carbocycles. The van der Waals surface area contributed by atoms with Crippen molar-refractivity contribution in [3.8, 4) is 5.75 Å². The number of hydrogen-bond donors (Lipinski definition) is 2. The van der Waals surface area contributed by atoms with E-state index in [2.05, 4.69) is 0 Å². The molecule has 10 heavy (non-hydrogen) atoms. The third-order valence-electron chi connectivity index (χ3n) is 1.04. The molecule has 1 aromatic carbocycles. The van der Waals surface area contributed by atoms with E-state index in [-0.39, 0.29) is 10.6 Å². The van der Waals surface area contributed by atoms with Crippen molar-refractivity contribution in [1.29, 1.82) is 0 Å². The topological polar surface area (TPSA) is 57.5 Å². The highest BCUT2D eigenvalue weighted by atomic mass is 32.2. The predicted molar refractivity (Wildman–Crippen MR) is 37.1 cm³/mol. The number of phenols is 1. The molecule has 0 spiro atoms. The zero-order valence-electron chi connectivity index (χ0n) is 5.02. The van der Waals surface area contributed by atoms with Crippen LogP contribution in [0.2, 0.25) is 0 Å². The Hall–Kier alpha value is -0.870. The molecule has 4 heteroatoms. The molecule has 3 nitrogen and oxygen atoms in total. The fourth-order valence-electron chi connectivity index (χ4n) is 0.563. The van der Waals surface area contributed by atoms with Gasteiger partial charge in [0.2, 0.25) is 0 Å². The fraction of sp³-hybridized carbons (Fsp3) is 0. The molecule has 1 rings (SSSR count). The van der Waals surface area contributed by atoms with E-state index >= 15 is 0 Å². The highest BCUT2D eigenvalue weighted by molar-refractivity contribution is 7.79. The Morgan fingerprint density at radius 2 is 1.70 bits per heavy atom. The van der Waals surface area contributed by atoms with Gasteiger partial charge in [-0.05, 0) is 24.3 Å². The molecule has 0 amide bonds. The van der Waals surface area contributed by atoms with E-state index in [1.807, 2.05) is 0 Å². The molecule has 0 aromatic heterocycles. The summed E-state index contributed by atoms with van der Waals surface area (Å²) in [5, 5.41) is 8.76. The van der Waals surface area contributed by atoms with Crippen LogP contribution in [0.4, 0.5) is 0 Å². The van der Waals surface area contributed by atoms with Gasteiger partial charge in [0, 0.05) is 0 Å². The van der Waals surface area contributed by atoms with E-state index in [9.17, 15) is 4.21 Å². The molecule has 0 saturated carbocycles. The smallest absolute Gasteiger partial charge is 0.186 e. The van der Waals surface area contributed by atoms with E-state index in [4.69, 9.17) is 9.66 Å².